The lowest BCUT2D eigenvalue weighted by Crippen LogP contribution is -2.33. The summed E-state index contributed by atoms with van der Waals surface area (Å²) in [6, 6.07) is 8.70. The van der Waals surface area contributed by atoms with Gasteiger partial charge in [-0.3, -0.25) is 4.79 Å². The van der Waals surface area contributed by atoms with Gasteiger partial charge in [0.25, 0.3) is 0 Å². The zero-order chi connectivity index (χ0) is 11.1. The average molecular weight is 214 g/mol. The SMILES string of the molecule is CC1CC(=O)CC2c3ccccc3CCC12. The van der Waals surface area contributed by atoms with Gasteiger partial charge >= 0.3 is 0 Å². The van der Waals surface area contributed by atoms with E-state index in [4.69, 9.17) is 0 Å². The Morgan fingerprint density at radius 3 is 2.88 bits per heavy atom. The largest absolute Gasteiger partial charge is 0.300 e. The van der Waals surface area contributed by atoms with Crippen LogP contribution in [0.15, 0.2) is 24.3 Å². The molecule has 16 heavy (non-hydrogen) atoms. The molecule has 1 heteroatoms. The molecule has 1 nitrogen and oxygen atoms in total. The Kier molecular flexibility index (Phi) is 2.34. The fourth-order valence-corrected chi connectivity index (χ4v) is 3.66. The maximum atomic E-state index is 11.7. The van der Waals surface area contributed by atoms with Gasteiger partial charge < -0.3 is 0 Å². The molecule has 2 aliphatic rings. The first-order valence-corrected chi connectivity index (χ1v) is 6.35. The Hall–Kier alpha value is -1.11. The Labute approximate surface area is 96.9 Å². The van der Waals surface area contributed by atoms with Gasteiger partial charge in [-0.2, -0.15) is 0 Å². The van der Waals surface area contributed by atoms with Crippen molar-refractivity contribution in [3.8, 4) is 0 Å². The highest BCUT2D eigenvalue weighted by atomic mass is 16.1. The summed E-state index contributed by atoms with van der Waals surface area (Å²) in [5, 5.41) is 0. The number of carbonyl (C=O) groups excluding carboxylic acids is 1. The van der Waals surface area contributed by atoms with Crippen LogP contribution in [-0.2, 0) is 11.2 Å². The first-order chi connectivity index (χ1) is 7.75. The van der Waals surface area contributed by atoms with Crippen molar-refractivity contribution in [2.75, 3.05) is 0 Å². The van der Waals surface area contributed by atoms with E-state index in [1.165, 1.54) is 24.0 Å². The molecule has 3 atom stereocenters. The van der Waals surface area contributed by atoms with Crippen LogP contribution in [0.3, 0.4) is 0 Å². The minimum absolute atomic E-state index is 0.463. The zero-order valence-electron chi connectivity index (χ0n) is 9.78. The van der Waals surface area contributed by atoms with Crippen molar-refractivity contribution in [2.45, 2.75) is 38.5 Å². The summed E-state index contributed by atoms with van der Waals surface area (Å²) in [6.45, 7) is 2.25. The Balaban J connectivity index is 2.01. The van der Waals surface area contributed by atoms with Crippen LogP contribution in [0.2, 0.25) is 0 Å². The maximum absolute atomic E-state index is 11.7. The molecule has 0 aromatic heterocycles. The number of benzene rings is 1. The zero-order valence-corrected chi connectivity index (χ0v) is 9.78. The summed E-state index contributed by atoms with van der Waals surface area (Å²) >= 11 is 0. The van der Waals surface area contributed by atoms with Crippen molar-refractivity contribution in [1.82, 2.24) is 0 Å². The summed E-state index contributed by atoms with van der Waals surface area (Å²) < 4.78 is 0. The predicted octanol–water partition coefficient (Wildman–Crippen LogP) is 3.33. The number of hydrogen-bond donors (Lipinski definition) is 0. The molecule has 2 aliphatic carbocycles. The second-order valence-corrected chi connectivity index (χ2v) is 5.43. The molecular formula is C15H18O. The smallest absolute Gasteiger partial charge is 0.133 e. The van der Waals surface area contributed by atoms with Crippen molar-refractivity contribution < 1.29 is 4.79 Å². The third kappa shape index (κ3) is 1.50. The fourth-order valence-electron chi connectivity index (χ4n) is 3.66. The fraction of sp³-hybridized carbons (Fsp3) is 0.533. The van der Waals surface area contributed by atoms with E-state index in [0.717, 1.165) is 18.8 Å². The number of hydrogen-bond acceptors (Lipinski definition) is 1. The van der Waals surface area contributed by atoms with E-state index in [2.05, 4.69) is 31.2 Å². The van der Waals surface area contributed by atoms with Crippen LogP contribution in [0, 0.1) is 11.8 Å². The number of carbonyl (C=O) groups is 1. The van der Waals surface area contributed by atoms with Crippen molar-refractivity contribution in [2.24, 2.45) is 11.8 Å². The quantitative estimate of drug-likeness (QED) is 0.647. The molecule has 0 aliphatic heterocycles. The Morgan fingerprint density at radius 1 is 1.19 bits per heavy atom. The molecule has 1 fully saturated rings. The van der Waals surface area contributed by atoms with Gasteiger partial charge in [0.1, 0.15) is 5.78 Å². The molecule has 1 aromatic carbocycles. The molecule has 0 spiro atoms. The summed E-state index contributed by atoms with van der Waals surface area (Å²) in [6.07, 6.45) is 4.07. The lowest BCUT2D eigenvalue weighted by molar-refractivity contribution is -0.123. The van der Waals surface area contributed by atoms with Crippen molar-refractivity contribution in [3.05, 3.63) is 35.4 Å². The molecule has 0 N–H and O–H groups in total. The van der Waals surface area contributed by atoms with Crippen LogP contribution in [0.25, 0.3) is 0 Å². The molecule has 0 bridgehead atoms. The predicted molar refractivity (Wildman–Crippen MR) is 64.4 cm³/mol. The van der Waals surface area contributed by atoms with Crippen molar-refractivity contribution in [1.29, 1.82) is 0 Å². The van der Waals surface area contributed by atoms with Crippen LogP contribution < -0.4 is 0 Å². The Morgan fingerprint density at radius 2 is 2.00 bits per heavy atom. The highest BCUT2D eigenvalue weighted by molar-refractivity contribution is 5.80. The minimum atomic E-state index is 0.463. The van der Waals surface area contributed by atoms with E-state index in [9.17, 15) is 4.79 Å². The number of ketones is 1. The third-order valence-corrected chi connectivity index (χ3v) is 4.45. The first-order valence-electron chi connectivity index (χ1n) is 6.35. The molecule has 84 valence electrons. The molecule has 0 heterocycles. The summed E-state index contributed by atoms with van der Waals surface area (Å²) in [5.41, 5.74) is 2.93. The number of Topliss-reactive ketones (excluding diaryl/α,β-unsaturated/α-hetero) is 1. The van der Waals surface area contributed by atoms with Gasteiger partial charge in [-0.1, -0.05) is 31.2 Å². The highest BCUT2D eigenvalue weighted by Crippen LogP contribution is 2.46. The third-order valence-electron chi connectivity index (χ3n) is 4.45. The van der Waals surface area contributed by atoms with E-state index < -0.39 is 0 Å². The molecule has 1 aromatic rings. The maximum Gasteiger partial charge on any atom is 0.133 e. The topological polar surface area (TPSA) is 17.1 Å². The van der Waals surface area contributed by atoms with Gasteiger partial charge in [-0.15, -0.1) is 0 Å². The van der Waals surface area contributed by atoms with E-state index in [-0.39, 0.29) is 0 Å². The molecule has 0 saturated heterocycles. The Bertz CT molecular complexity index is 421. The second kappa shape index (κ2) is 3.73. The van der Waals surface area contributed by atoms with E-state index in [1.807, 2.05) is 0 Å². The van der Waals surface area contributed by atoms with Crippen molar-refractivity contribution in [3.63, 3.8) is 0 Å². The molecule has 3 rings (SSSR count). The van der Waals surface area contributed by atoms with Crippen LogP contribution in [0.5, 0.6) is 0 Å². The number of fused-ring (bicyclic) bond motifs is 3. The molecule has 3 unspecified atom stereocenters. The van der Waals surface area contributed by atoms with Gasteiger partial charge in [0.05, 0.1) is 0 Å². The number of rotatable bonds is 0. The molecule has 0 radical (unpaired) electrons. The van der Waals surface area contributed by atoms with Crippen LogP contribution in [0.4, 0.5) is 0 Å². The van der Waals surface area contributed by atoms with Gasteiger partial charge in [-0.05, 0) is 41.7 Å². The van der Waals surface area contributed by atoms with E-state index in [1.54, 1.807) is 0 Å². The van der Waals surface area contributed by atoms with Gasteiger partial charge in [-0.25, -0.2) is 0 Å². The van der Waals surface area contributed by atoms with E-state index in [0.29, 0.717) is 17.6 Å². The highest BCUT2D eigenvalue weighted by Gasteiger charge is 2.38. The lowest BCUT2D eigenvalue weighted by atomic mass is 9.64. The summed E-state index contributed by atoms with van der Waals surface area (Å²) in [7, 11) is 0. The van der Waals surface area contributed by atoms with Gasteiger partial charge in [0.2, 0.25) is 0 Å². The minimum Gasteiger partial charge on any atom is -0.300 e. The molecule has 0 amide bonds. The summed E-state index contributed by atoms with van der Waals surface area (Å²) in [4.78, 5) is 11.7. The van der Waals surface area contributed by atoms with Crippen LogP contribution >= 0.6 is 0 Å². The average Bonchev–Trinajstić information content (AvgIpc) is 2.28. The van der Waals surface area contributed by atoms with Gasteiger partial charge in [0.15, 0.2) is 0 Å². The number of aryl methyl sites for hydroxylation is 1. The van der Waals surface area contributed by atoms with Gasteiger partial charge in [0, 0.05) is 12.8 Å². The van der Waals surface area contributed by atoms with Crippen LogP contribution in [-0.4, -0.2) is 5.78 Å². The second-order valence-electron chi connectivity index (χ2n) is 5.43. The first kappa shape index (κ1) is 10.1. The standard InChI is InChI=1S/C15H18O/c1-10-8-12(16)9-15-13(10)7-6-11-4-2-3-5-14(11)15/h2-5,10,13,15H,6-9H2,1H3. The summed E-state index contributed by atoms with van der Waals surface area (Å²) in [5.74, 6) is 2.30. The molecule has 1 saturated carbocycles. The normalized spacial score (nSPS) is 33.1. The monoisotopic (exact) mass is 214 g/mol. The lowest BCUT2D eigenvalue weighted by Gasteiger charge is -2.40. The van der Waals surface area contributed by atoms with Crippen LogP contribution in [0.1, 0.15) is 43.2 Å². The molecular weight excluding hydrogens is 196 g/mol. The van der Waals surface area contributed by atoms with Crippen molar-refractivity contribution >= 4 is 5.78 Å². The van der Waals surface area contributed by atoms with E-state index >= 15 is 0 Å².